The number of benzene rings is 7. The van der Waals surface area contributed by atoms with Crippen LogP contribution in [0.25, 0.3) is 95.1 Å². The Bertz CT molecular complexity index is 2710. The van der Waals surface area contributed by atoms with Crippen molar-refractivity contribution in [2.45, 2.75) is 0 Å². The van der Waals surface area contributed by atoms with Crippen LogP contribution < -0.4 is 0 Å². The molecule has 238 valence electrons. The van der Waals surface area contributed by atoms with Gasteiger partial charge in [-0.25, -0.2) is 4.98 Å². The van der Waals surface area contributed by atoms with Crippen LogP contribution in [0.3, 0.4) is 0 Å². The zero-order chi connectivity index (χ0) is 33.7. The van der Waals surface area contributed by atoms with Crippen LogP contribution in [0.4, 0.5) is 0 Å². The van der Waals surface area contributed by atoms with Crippen LogP contribution in [0.15, 0.2) is 182 Å². The molecule has 4 nitrogen and oxygen atoms in total. The molecular weight excluding hydrogens is 621 g/mol. The highest BCUT2D eigenvalue weighted by Gasteiger charge is 2.32. The molecule has 51 heavy (non-hydrogen) atoms. The van der Waals surface area contributed by atoms with E-state index in [1.54, 1.807) is 0 Å². The van der Waals surface area contributed by atoms with E-state index in [4.69, 9.17) is 15.2 Å². The molecule has 0 amide bonds. The third-order valence-electron chi connectivity index (χ3n) is 9.88. The van der Waals surface area contributed by atoms with Crippen molar-refractivity contribution in [3.05, 3.63) is 182 Å². The summed E-state index contributed by atoms with van der Waals surface area (Å²) in [5, 5.41) is 12.3. The number of hydrogen-bond acceptors (Lipinski definition) is 3. The largest absolute Gasteiger partial charge is 0.275 e. The molecule has 2 aromatic heterocycles. The maximum Gasteiger partial charge on any atom is 0.169 e. The molecule has 0 fully saturated rings. The zero-order valence-corrected chi connectivity index (χ0v) is 27.6. The summed E-state index contributed by atoms with van der Waals surface area (Å²) in [4.78, 5) is 5.73. The highest BCUT2D eigenvalue weighted by molar-refractivity contribution is 6.22. The fourth-order valence-corrected chi connectivity index (χ4v) is 7.70. The SMILES string of the molecule is c1ccc(-c2nc(-c3ccccc3-c3nnc(-c4ccccc4)n3-c3ccccc3)c(-c3ccccc3)c3c2-c2cccc4cccc-3c24)cc1. The first-order chi connectivity index (χ1) is 25.3. The topological polar surface area (TPSA) is 43.6 Å². The Morgan fingerprint density at radius 1 is 0.333 bits per heavy atom. The molecule has 7 aromatic carbocycles. The van der Waals surface area contributed by atoms with Crippen LogP contribution in [-0.4, -0.2) is 19.7 Å². The third-order valence-corrected chi connectivity index (χ3v) is 9.88. The first kappa shape index (κ1) is 29.0. The minimum Gasteiger partial charge on any atom is -0.275 e. The second-order valence-corrected chi connectivity index (χ2v) is 12.8. The average Bonchev–Trinajstić information content (AvgIpc) is 3.80. The van der Waals surface area contributed by atoms with Crippen LogP contribution in [0, 0.1) is 0 Å². The van der Waals surface area contributed by atoms with Crippen molar-refractivity contribution in [3.8, 4) is 84.4 Å². The van der Waals surface area contributed by atoms with E-state index >= 15 is 0 Å². The molecule has 0 atom stereocenters. The lowest BCUT2D eigenvalue weighted by atomic mass is 9.86. The molecule has 0 bridgehead atoms. The van der Waals surface area contributed by atoms with Crippen LogP contribution in [0.5, 0.6) is 0 Å². The predicted molar refractivity (Wildman–Crippen MR) is 208 cm³/mol. The van der Waals surface area contributed by atoms with Crippen molar-refractivity contribution >= 4 is 10.8 Å². The quantitative estimate of drug-likeness (QED) is 0.180. The molecule has 10 rings (SSSR count). The number of rotatable bonds is 6. The van der Waals surface area contributed by atoms with Crippen molar-refractivity contribution < 1.29 is 0 Å². The van der Waals surface area contributed by atoms with Crippen LogP contribution >= 0.6 is 0 Å². The summed E-state index contributed by atoms with van der Waals surface area (Å²) in [5.41, 5.74) is 13.9. The molecule has 4 heteroatoms. The lowest BCUT2D eigenvalue weighted by Crippen LogP contribution is -2.03. The summed E-state index contributed by atoms with van der Waals surface area (Å²) >= 11 is 0. The molecule has 9 aromatic rings. The molecular formula is C47H30N4. The van der Waals surface area contributed by atoms with Gasteiger partial charge in [0.2, 0.25) is 0 Å². The first-order valence-electron chi connectivity index (χ1n) is 17.2. The van der Waals surface area contributed by atoms with Gasteiger partial charge in [-0.1, -0.05) is 170 Å². The average molecular weight is 651 g/mol. The van der Waals surface area contributed by atoms with Gasteiger partial charge in [0.25, 0.3) is 0 Å². The molecule has 2 heterocycles. The maximum absolute atomic E-state index is 5.73. The van der Waals surface area contributed by atoms with Crippen molar-refractivity contribution in [2.24, 2.45) is 0 Å². The second kappa shape index (κ2) is 11.9. The molecule has 0 saturated heterocycles. The van der Waals surface area contributed by atoms with Crippen LogP contribution in [0.1, 0.15) is 0 Å². The molecule has 1 aliphatic carbocycles. The predicted octanol–water partition coefficient (Wildman–Crippen LogP) is 11.8. The third kappa shape index (κ3) is 4.65. The standard InChI is InChI=1S/C47H30N4/c1-5-17-32(18-6-1)41-42-38-29-15-23-31-24-16-30-39(40(31)38)43(42)44(33-19-7-2-8-20-33)48-45(41)36-27-13-14-28-37(36)47-50-49-46(34-21-9-3-10-22-34)51(47)35-25-11-4-12-26-35/h1-30H. The Morgan fingerprint density at radius 2 is 0.843 bits per heavy atom. The van der Waals surface area contributed by atoms with Crippen LogP contribution in [-0.2, 0) is 0 Å². The van der Waals surface area contributed by atoms with Gasteiger partial charge >= 0.3 is 0 Å². The van der Waals surface area contributed by atoms with Gasteiger partial charge in [-0.05, 0) is 39.6 Å². The minimum absolute atomic E-state index is 0.753. The molecule has 0 aliphatic heterocycles. The smallest absolute Gasteiger partial charge is 0.169 e. The number of hydrogen-bond donors (Lipinski definition) is 0. The molecule has 0 radical (unpaired) electrons. The van der Waals surface area contributed by atoms with Gasteiger partial charge in [-0.15, -0.1) is 10.2 Å². The Labute approximate surface area is 296 Å². The number of para-hydroxylation sites is 1. The van der Waals surface area contributed by atoms with E-state index in [1.807, 2.05) is 24.3 Å². The lowest BCUT2D eigenvalue weighted by molar-refractivity contribution is 1.07. The summed E-state index contributed by atoms with van der Waals surface area (Å²) in [6.07, 6.45) is 0. The van der Waals surface area contributed by atoms with Gasteiger partial charge in [-0.2, -0.15) is 0 Å². The van der Waals surface area contributed by atoms with Gasteiger partial charge < -0.3 is 0 Å². The monoisotopic (exact) mass is 650 g/mol. The summed E-state index contributed by atoms with van der Waals surface area (Å²) < 4.78 is 2.17. The van der Waals surface area contributed by atoms with E-state index < -0.39 is 0 Å². The summed E-state index contributed by atoms with van der Waals surface area (Å²) in [6, 6.07) is 63.7. The number of pyridine rings is 1. The maximum atomic E-state index is 5.73. The van der Waals surface area contributed by atoms with Crippen LogP contribution in [0.2, 0.25) is 0 Å². The normalized spacial score (nSPS) is 11.5. The van der Waals surface area contributed by atoms with E-state index in [9.17, 15) is 0 Å². The Hall–Kier alpha value is -6.91. The van der Waals surface area contributed by atoms with Gasteiger partial charge in [0.05, 0.1) is 11.4 Å². The van der Waals surface area contributed by atoms with E-state index in [1.165, 1.54) is 33.0 Å². The summed E-state index contributed by atoms with van der Waals surface area (Å²) in [6.45, 7) is 0. The van der Waals surface area contributed by atoms with Crippen molar-refractivity contribution in [2.75, 3.05) is 0 Å². The summed E-state index contributed by atoms with van der Waals surface area (Å²) in [5.74, 6) is 1.53. The fraction of sp³-hybridized carbons (Fsp3) is 0. The van der Waals surface area contributed by atoms with E-state index in [0.717, 1.165) is 62.1 Å². The minimum atomic E-state index is 0.753. The number of nitrogens with zero attached hydrogens (tertiary/aromatic N) is 4. The number of aromatic nitrogens is 4. The highest BCUT2D eigenvalue weighted by atomic mass is 15.3. The summed E-state index contributed by atoms with van der Waals surface area (Å²) in [7, 11) is 0. The van der Waals surface area contributed by atoms with Gasteiger partial charge in [-0.3, -0.25) is 4.57 Å². The highest BCUT2D eigenvalue weighted by Crippen LogP contribution is 2.56. The molecule has 0 saturated carbocycles. The molecule has 0 spiro atoms. The lowest BCUT2D eigenvalue weighted by Gasteiger charge is -2.21. The first-order valence-corrected chi connectivity index (χ1v) is 17.2. The van der Waals surface area contributed by atoms with Crippen molar-refractivity contribution in [1.29, 1.82) is 0 Å². The van der Waals surface area contributed by atoms with Crippen molar-refractivity contribution in [1.82, 2.24) is 19.7 Å². The number of fused-ring (bicyclic) bond motifs is 3. The van der Waals surface area contributed by atoms with Gasteiger partial charge in [0.15, 0.2) is 11.6 Å². The Morgan fingerprint density at radius 3 is 1.51 bits per heavy atom. The molecule has 0 N–H and O–H groups in total. The van der Waals surface area contributed by atoms with Crippen molar-refractivity contribution in [3.63, 3.8) is 0 Å². The Balaban J connectivity index is 1.33. The van der Waals surface area contributed by atoms with E-state index in [-0.39, 0.29) is 0 Å². The van der Waals surface area contributed by atoms with Gasteiger partial charge in [0, 0.05) is 44.6 Å². The second-order valence-electron chi connectivity index (χ2n) is 12.8. The van der Waals surface area contributed by atoms with E-state index in [0.29, 0.717) is 0 Å². The molecule has 1 aliphatic rings. The van der Waals surface area contributed by atoms with Gasteiger partial charge in [0.1, 0.15) is 0 Å². The Kier molecular flexibility index (Phi) is 6.78. The fourth-order valence-electron chi connectivity index (χ4n) is 7.70. The molecule has 0 unspecified atom stereocenters. The van der Waals surface area contributed by atoms with E-state index in [2.05, 4.69) is 162 Å². The zero-order valence-electron chi connectivity index (χ0n) is 27.6.